The SMILES string of the molecule is COc1ccccc1CCC(=O)NCCc1ccc2[nH]c(=O)[nH]c2c1. The van der Waals surface area contributed by atoms with Crippen molar-refractivity contribution in [2.75, 3.05) is 13.7 Å². The smallest absolute Gasteiger partial charge is 0.323 e. The largest absolute Gasteiger partial charge is 0.496 e. The van der Waals surface area contributed by atoms with Crippen molar-refractivity contribution in [2.45, 2.75) is 19.3 Å². The molecule has 2 aromatic carbocycles. The molecule has 1 aromatic heterocycles. The maximum Gasteiger partial charge on any atom is 0.323 e. The molecule has 0 radical (unpaired) electrons. The number of methoxy groups -OCH3 is 1. The third-order valence-corrected chi connectivity index (χ3v) is 4.13. The molecular weight excluding hydrogens is 318 g/mol. The Kier molecular flexibility index (Phi) is 5.18. The number of carbonyl (C=O) groups excluding carboxylic acids is 1. The number of hydrogen-bond donors (Lipinski definition) is 3. The van der Waals surface area contributed by atoms with Crippen molar-refractivity contribution in [3.05, 3.63) is 64.1 Å². The number of aromatic amines is 2. The van der Waals surface area contributed by atoms with Crippen LogP contribution in [0.2, 0.25) is 0 Å². The van der Waals surface area contributed by atoms with Crippen molar-refractivity contribution in [3.8, 4) is 5.75 Å². The highest BCUT2D eigenvalue weighted by atomic mass is 16.5. The molecule has 0 fully saturated rings. The number of benzene rings is 2. The number of H-pyrrole nitrogens is 2. The van der Waals surface area contributed by atoms with Gasteiger partial charge in [0, 0.05) is 13.0 Å². The number of imidazole rings is 1. The second kappa shape index (κ2) is 7.70. The summed E-state index contributed by atoms with van der Waals surface area (Å²) in [5.41, 5.74) is 3.45. The maximum absolute atomic E-state index is 12.0. The molecule has 0 saturated carbocycles. The zero-order valence-corrected chi connectivity index (χ0v) is 14.1. The fourth-order valence-electron chi connectivity index (χ4n) is 2.83. The van der Waals surface area contributed by atoms with Gasteiger partial charge >= 0.3 is 5.69 Å². The van der Waals surface area contributed by atoms with E-state index in [0.29, 0.717) is 25.8 Å². The van der Waals surface area contributed by atoms with E-state index in [2.05, 4.69) is 15.3 Å². The summed E-state index contributed by atoms with van der Waals surface area (Å²) in [6, 6.07) is 13.5. The predicted molar refractivity (Wildman–Crippen MR) is 96.9 cm³/mol. The van der Waals surface area contributed by atoms with Crippen LogP contribution in [-0.2, 0) is 17.6 Å². The highest BCUT2D eigenvalue weighted by Crippen LogP contribution is 2.18. The van der Waals surface area contributed by atoms with Crippen LogP contribution in [0.25, 0.3) is 11.0 Å². The maximum atomic E-state index is 12.0. The van der Waals surface area contributed by atoms with Gasteiger partial charge < -0.3 is 20.0 Å². The Hall–Kier alpha value is -3.02. The fourth-order valence-corrected chi connectivity index (χ4v) is 2.83. The molecule has 3 N–H and O–H groups in total. The van der Waals surface area contributed by atoms with E-state index in [1.165, 1.54) is 0 Å². The lowest BCUT2D eigenvalue weighted by Gasteiger charge is -2.08. The van der Waals surface area contributed by atoms with Crippen molar-refractivity contribution < 1.29 is 9.53 Å². The lowest BCUT2D eigenvalue weighted by molar-refractivity contribution is -0.121. The first kappa shape index (κ1) is 16.8. The van der Waals surface area contributed by atoms with Crippen LogP contribution in [0.15, 0.2) is 47.3 Å². The van der Waals surface area contributed by atoms with Gasteiger partial charge in [-0.2, -0.15) is 0 Å². The van der Waals surface area contributed by atoms with Crippen LogP contribution in [0.4, 0.5) is 0 Å². The van der Waals surface area contributed by atoms with Gasteiger partial charge in [-0.15, -0.1) is 0 Å². The molecule has 3 rings (SSSR count). The van der Waals surface area contributed by atoms with E-state index in [-0.39, 0.29) is 11.6 Å². The lowest BCUT2D eigenvalue weighted by atomic mass is 10.1. The van der Waals surface area contributed by atoms with E-state index in [1.54, 1.807) is 7.11 Å². The molecule has 6 heteroatoms. The van der Waals surface area contributed by atoms with E-state index in [0.717, 1.165) is 27.9 Å². The summed E-state index contributed by atoms with van der Waals surface area (Å²) in [6.07, 6.45) is 1.78. The predicted octanol–water partition coefficient (Wildman–Crippen LogP) is 2.16. The quantitative estimate of drug-likeness (QED) is 0.616. The molecule has 0 atom stereocenters. The van der Waals surface area contributed by atoms with Crippen LogP contribution in [-0.4, -0.2) is 29.5 Å². The summed E-state index contributed by atoms with van der Waals surface area (Å²) in [6.45, 7) is 0.560. The number of nitrogens with one attached hydrogen (secondary N) is 3. The van der Waals surface area contributed by atoms with Gasteiger partial charge in [0.2, 0.25) is 5.91 Å². The van der Waals surface area contributed by atoms with Crippen LogP contribution in [0, 0.1) is 0 Å². The molecule has 0 bridgehead atoms. The summed E-state index contributed by atoms with van der Waals surface area (Å²) in [4.78, 5) is 28.7. The van der Waals surface area contributed by atoms with Crippen LogP contribution in [0.5, 0.6) is 5.75 Å². The van der Waals surface area contributed by atoms with Crippen LogP contribution >= 0.6 is 0 Å². The highest BCUT2D eigenvalue weighted by molar-refractivity contribution is 5.76. The first-order valence-corrected chi connectivity index (χ1v) is 8.25. The number of rotatable bonds is 7. The second-order valence-electron chi connectivity index (χ2n) is 5.87. The van der Waals surface area contributed by atoms with Gasteiger partial charge in [-0.25, -0.2) is 4.79 Å². The van der Waals surface area contributed by atoms with Gasteiger partial charge in [-0.3, -0.25) is 4.79 Å². The molecule has 0 aliphatic heterocycles. The van der Waals surface area contributed by atoms with Gasteiger partial charge in [0.05, 0.1) is 18.1 Å². The minimum Gasteiger partial charge on any atom is -0.496 e. The summed E-state index contributed by atoms with van der Waals surface area (Å²) in [5.74, 6) is 0.825. The van der Waals surface area contributed by atoms with Crippen molar-refractivity contribution in [1.82, 2.24) is 15.3 Å². The van der Waals surface area contributed by atoms with E-state index >= 15 is 0 Å². The molecule has 130 valence electrons. The molecule has 0 aliphatic rings. The van der Waals surface area contributed by atoms with Crippen LogP contribution in [0.3, 0.4) is 0 Å². The van der Waals surface area contributed by atoms with Crippen LogP contribution < -0.4 is 15.7 Å². The Labute approximate surface area is 145 Å². The zero-order chi connectivity index (χ0) is 17.6. The average molecular weight is 339 g/mol. The molecule has 25 heavy (non-hydrogen) atoms. The van der Waals surface area contributed by atoms with Gasteiger partial charge in [0.25, 0.3) is 0 Å². The molecule has 3 aromatic rings. The summed E-state index contributed by atoms with van der Waals surface area (Å²) in [7, 11) is 1.63. The number of amides is 1. The van der Waals surface area contributed by atoms with Crippen molar-refractivity contribution in [2.24, 2.45) is 0 Å². The van der Waals surface area contributed by atoms with E-state index in [4.69, 9.17) is 4.74 Å². The lowest BCUT2D eigenvalue weighted by Crippen LogP contribution is -2.25. The number of hydrogen-bond acceptors (Lipinski definition) is 3. The summed E-state index contributed by atoms with van der Waals surface area (Å²) >= 11 is 0. The standard InChI is InChI=1S/C19H21N3O3/c1-25-17-5-3-2-4-14(17)7-9-18(23)20-11-10-13-6-8-15-16(12-13)22-19(24)21-15/h2-6,8,12H,7,9-11H2,1H3,(H,20,23)(H2,21,22,24). The average Bonchev–Trinajstić information content (AvgIpc) is 2.99. The normalized spacial score (nSPS) is 10.8. The molecule has 1 heterocycles. The molecule has 0 spiro atoms. The molecular formula is C19H21N3O3. The first-order chi connectivity index (χ1) is 12.2. The van der Waals surface area contributed by atoms with Gasteiger partial charge in [0.1, 0.15) is 5.75 Å². The third-order valence-electron chi connectivity index (χ3n) is 4.13. The van der Waals surface area contributed by atoms with Crippen LogP contribution in [0.1, 0.15) is 17.5 Å². The van der Waals surface area contributed by atoms with Crippen molar-refractivity contribution in [1.29, 1.82) is 0 Å². The molecule has 0 saturated heterocycles. The van der Waals surface area contributed by atoms with E-state index in [1.807, 2.05) is 42.5 Å². The number of para-hydroxylation sites is 1. The number of ether oxygens (including phenoxy) is 1. The van der Waals surface area contributed by atoms with E-state index in [9.17, 15) is 9.59 Å². The number of aromatic nitrogens is 2. The Bertz CT molecular complexity index is 927. The van der Waals surface area contributed by atoms with Crippen molar-refractivity contribution >= 4 is 16.9 Å². The summed E-state index contributed by atoms with van der Waals surface area (Å²) < 4.78 is 5.29. The Morgan fingerprint density at radius 1 is 1.08 bits per heavy atom. The third kappa shape index (κ3) is 4.29. The molecule has 6 nitrogen and oxygen atoms in total. The monoisotopic (exact) mass is 339 g/mol. The van der Waals surface area contributed by atoms with E-state index < -0.39 is 0 Å². The Morgan fingerprint density at radius 3 is 2.72 bits per heavy atom. The second-order valence-corrected chi connectivity index (χ2v) is 5.87. The minimum absolute atomic E-state index is 0.0158. The highest BCUT2D eigenvalue weighted by Gasteiger charge is 2.06. The number of aryl methyl sites for hydroxylation is 1. The molecule has 0 aliphatic carbocycles. The van der Waals surface area contributed by atoms with Gasteiger partial charge in [-0.1, -0.05) is 24.3 Å². The Balaban J connectivity index is 1.47. The minimum atomic E-state index is -0.211. The number of carbonyl (C=O) groups is 1. The molecule has 1 amide bonds. The summed E-state index contributed by atoms with van der Waals surface area (Å²) in [5, 5.41) is 2.93. The molecule has 0 unspecified atom stereocenters. The number of fused-ring (bicyclic) bond motifs is 1. The topological polar surface area (TPSA) is 87.0 Å². The first-order valence-electron chi connectivity index (χ1n) is 8.25. The Morgan fingerprint density at radius 2 is 1.88 bits per heavy atom. The zero-order valence-electron chi connectivity index (χ0n) is 14.1. The van der Waals surface area contributed by atoms with Gasteiger partial charge in [0.15, 0.2) is 0 Å². The van der Waals surface area contributed by atoms with Gasteiger partial charge in [-0.05, 0) is 42.2 Å². The van der Waals surface area contributed by atoms with Crippen molar-refractivity contribution in [3.63, 3.8) is 0 Å². The fraction of sp³-hybridized carbons (Fsp3) is 0.263.